The summed E-state index contributed by atoms with van der Waals surface area (Å²) in [5.41, 5.74) is -0.308. The quantitative estimate of drug-likeness (QED) is 0.778. The number of nitrogens with zero attached hydrogens (tertiary/aromatic N) is 4. The molecule has 4 rings (SSSR count). The van der Waals surface area contributed by atoms with Gasteiger partial charge in [0, 0.05) is 32.9 Å². The van der Waals surface area contributed by atoms with E-state index < -0.39 is 6.03 Å². The van der Waals surface area contributed by atoms with Crippen LogP contribution in [0.3, 0.4) is 0 Å². The number of anilines is 2. The summed E-state index contributed by atoms with van der Waals surface area (Å²) in [6.45, 7) is 0.445. The number of amides is 5. The average molecular weight is 424 g/mol. The lowest BCUT2D eigenvalue weighted by Crippen LogP contribution is -2.43. The van der Waals surface area contributed by atoms with Crippen LogP contribution >= 0.6 is 0 Å². The van der Waals surface area contributed by atoms with Crippen LogP contribution in [0.1, 0.15) is 25.7 Å². The SMILES string of the molecule is CN(C)C(=O)Nc1cc(Oc2ccc(NC(=O)N3CCC4(CCC4)C3=O)nc2)ccn1. The van der Waals surface area contributed by atoms with E-state index in [0.717, 1.165) is 25.7 Å². The molecule has 5 amide bonds. The van der Waals surface area contributed by atoms with E-state index in [1.54, 1.807) is 38.4 Å². The van der Waals surface area contributed by atoms with Gasteiger partial charge in [0.1, 0.15) is 23.1 Å². The molecule has 3 heterocycles. The van der Waals surface area contributed by atoms with Gasteiger partial charge in [-0.2, -0.15) is 0 Å². The van der Waals surface area contributed by atoms with Crippen molar-refractivity contribution in [3.8, 4) is 11.5 Å². The Labute approximate surface area is 179 Å². The van der Waals surface area contributed by atoms with Gasteiger partial charge in [-0.1, -0.05) is 6.42 Å². The largest absolute Gasteiger partial charge is 0.456 e. The van der Waals surface area contributed by atoms with Crippen LogP contribution < -0.4 is 15.4 Å². The van der Waals surface area contributed by atoms with Crippen LogP contribution in [0.2, 0.25) is 0 Å². The van der Waals surface area contributed by atoms with Crippen molar-refractivity contribution in [2.75, 3.05) is 31.3 Å². The third kappa shape index (κ3) is 4.27. The van der Waals surface area contributed by atoms with Crippen LogP contribution in [-0.2, 0) is 4.79 Å². The van der Waals surface area contributed by atoms with E-state index in [-0.39, 0.29) is 17.4 Å². The first kappa shape index (κ1) is 20.6. The van der Waals surface area contributed by atoms with Gasteiger partial charge in [-0.05, 0) is 37.5 Å². The highest BCUT2D eigenvalue weighted by Gasteiger charge is 2.52. The maximum absolute atomic E-state index is 12.5. The molecule has 0 unspecified atom stereocenters. The topological polar surface area (TPSA) is 117 Å². The zero-order valence-corrected chi connectivity index (χ0v) is 17.4. The van der Waals surface area contributed by atoms with Gasteiger partial charge in [0.15, 0.2) is 0 Å². The molecule has 10 nitrogen and oxygen atoms in total. The maximum Gasteiger partial charge on any atom is 0.329 e. The van der Waals surface area contributed by atoms with E-state index in [4.69, 9.17) is 4.74 Å². The van der Waals surface area contributed by atoms with Crippen LogP contribution in [0.15, 0.2) is 36.7 Å². The monoisotopic (exact) mass is 424 g/mol. The Morgan fingerprint density at radius 3 is 2.48 bits per heavy atom. The maximum atomic E-state index is 12.5. The Hall–Kier alpha value is -3.69. The fraction of sp³-hybridized carbons (Fsp3) is 0.381. The van der Waals surface area contributed by atoms with Crippen molar-refractivity contribution in [3.63, 3.8) is 0 Å². The van der Waals surface area contributed by atoms with Gasteiger partial charge in [0.25, 0.3) is 0 Å². The molecule has 2 N–H and O–H groups in total. The van der Waals surface area contributed by atoms with Crippen molar-refractivity contribution in [3.05, 3.63) is 36.7 Å². The summed E-state index contributed by atoms with van der Waals surface area (Å²) in [6, 6.07) is 5.74. The lowest BCUT2D eigenvalue weighted by atomic mass is 9.68. The van der Waals surface area contributed by atoms with Crippen molar-refractivity contribution in [1.82, 2.24) is 19.8 Å². The van der Waals surface area contributed by atoms with E-state index >= 15 is 0 Å². The fourth-order valence-electron chi connectivity index (χ4n) is 3.67. The van der Waals surface area contributed by atoms with Crippen LogP contribution in [0.5, 0.6) is 11.5 Å². The molecule has 1 saturated heterocycles. The van der Waals surface area contributed by atoms with Crippen LogP contribution in [-0.4, -0.2) is 58.4 Å². The van der Waals surface area contributed by atoms with Gasteiger partial charge in [0.2, 0.25) is 5.91 Å². The Morgan fingerprint density at radius 2 is 1.87 bits per heavy atom. The molecule has 0 aromatic carbocycles. The van der Waals surface area contributed by atoms with Crippen LogP contribution in [0.25, 0.3) is 0 Å². The Bertz CT molecular complexity index is 1000. The number of likely N-dealkylation sites (tertiary alicyclic amines) is 1. The smallest absolute Gasteiger partial charge is 0.329 e. The number of pyridine rings is 2. The molecule has 2 aliphatic rings. The predicted molar refractivity (Wildman–Crippen MR) is 113 cm³/mol. The lowest BCUT2D eigenvalue weighted by Gasteiger charge is -2.35. The van der Waals surface area contributed by atoms with Gasteiger partial charge in [-0.3, -0.25) is 20.3 Å². The van der Waals surface area contributed by atoms with E-state index in [1.807, 2.05) is 0 Å². The molecule has 1 aliphatic heterocycles. The minimum Gasteiger partial charge on any atom is -0.456 e. The molecule has 0 radical (unpaired) electrons. The third-order valence-electron chi connectivity index (χ3n) is 5.65. The Balaban J connectivity index is 1.35. The summed E-state index contributed by atoms with van der Waals surface area (Å²) < 4.78 is 5.74. The average Bonchev–Trinajstić information content (AvgIpc) is 3.07. The number of nitrogens with one attached hydrogen (secondary N) is 2. The number of hydrogen-bond donors (Lipinski definition) is 2. The van der Waals surface area contributed by atoms with Crippen molar-refractivity contribution in [2.45, 2.75) is 25.7 Å². The number of urea groups is 2. The second-order valence-corrected chi connectivity index (χ2v) is 7.95. The number of aromatic nitrogens is 2. The Morgan fingerprint density at radius 1 is 1.06 bits per heavy atom. The fourth-order valence-corrected chi connectivity index (χ4v) is 3.67. The molecular formula is C21H24N6O4. The molecule has 2 aromatic rings. The van der Waals surface area contributed by atoms with Crippen LogP contribution in [0, 0.1) is 5.41 Å². The highest BCUT2D eigenvalue weighted by molar-refractivity contribution is 6.04. The minimum absolute atomic E-state index is 0.0777. The molecular weight excluding hydrogens is 400 g/mol. The number of rotatable bonds is 4. The van der Waals surface area contributed by atoms with Gasteiger partial charge in [-0.15, -0.1) is 0 Å². The van der Waals surface area contributed by atoms with Crippen molar-refractivity contribution >= 4 is 29.6 Å². The van der Waals surface area contributed by atoms with E-state index in [2.05, 4.69) is 20.6 Å². The van der Waals surface area contributed by atoms with Crippen molar-refractivity contribution < 1.29 is 19.1 Å². The summed E-state index contributed by atoms with van der Waals surface area (Å²) >= 11 is 0. The molecule has 10 heteroatoms. The first-order chi connectivity index (χ1) is 14.9. The first-order valence-electron chi connectivity index (χ1n) is 10.1. The van der Waals surface area contributed by atoms with Crippen molar-refractivity contribution in [2.24, 2.45) is 5.41 Å². The molecule has 31 heavy (non-hydrogen) atoms. The second kappa shape index (κ2) is 8.21. The third-order valence-corrected chi connectivity index (χ3v) is 5.65. The van der Waals surface area contributed by atoms with Crippen LogP contribution in [0.4, 0.5) is 21.2 Å². The summed E-state index contributed by atoms with van der Waals surface area (Å²) in [5.74, 6) is 1.52. The molecule has 1 spiro atoms. The van der Waals surface area contributed by atoms with E-state index in [0.29, 0.717) is 29.7 Å². The minimum atomic E-state index is -0.453. The molecule has 162 valence electrons. The van der Waals surface area contributed by atoms with Gasteiger partial charge >= 0.3 is 12.1 Å². The highest BCUT2D eigenvalue weighted by atomic mass is 16.5. The molecule has 1 aliphatic carbocycles. The standard InChI is InChI=1S/C21H24N6O4/c1-26(2)19(29)25-17-12-14(6-10-22-17)31-15-4-5-16(23-13-15)24-20(30)27-11-9-21(18(27)28)7-3-8-21/h4-6,10,12-13H,3,7-9,11H2,1-2H3,(H,22,25,29)(H,23,24,30). The summed E-state index contributed by atoms with van der Waals surface area (Å²) in [5, 5.41) is 5.31. The van der Waals surface area contributed by atoms with Gasteiger partial charge in [-0.25, -0.2) is 19.6 Å². The zero-order chi connectivity index (χ0) is 22.0. The van der Waals surface area contributed by atoms with E-state index in [1.165, 1.54) is 22.2 Å². The number of hydrogen-bond acceptors (Lipinski definition) is 6. The zero-order valence-electron chi connectivity index (χ0n) is 17.4. The highest BCUT2D eigenvalue weighted by Crippen LogP contribution is 2.49. The summed E-state index contributed by atoms with van der Waals surface area (Å²) in [4.78, 5) is 47.7. The molecule has 2 fully saturated rings. The number of carbonyl (C=O) groups is 3. The molecule has 0 bridgehead atoms. The first-order valence-corrected chi connectivity index (χ1v) is 10.1. The van der Waals surface area contributed by atoms with E-state index in [9.17, 15) is 14.4 Å². The Kier molecular flexibility index (Phi) is 5.45. The number of ether oxygens (including phenoxy) is 1. The molecule has 1 saturated carbocycles. The predicted octanol–water partition coefficient (Wildman–Crippen LogP) is 3.30. The lowest BCUT2D eigenvalue weighted by molar-refractivity contribution is -0.137. The normalized spacial score (nSPS) is 16.6. The van der Waals surface area contributed by atoms with Crippen molar-refractivity contribution in [1.29, 1.82) is 0 Å². The number of carbonyl (C=O) groups excluding carboxylic acids is 3. The van der Waals surface area contributed by atoms with Gasteiger partial charge in [0.05, 0.1) is 11.6 Å². The summed E-state index contributed by atoms with van der Waals surface area (Å²) in [6.07, 6.45) is 6.51. The summed E-state index contributed by atoms with van der Waals surface area (Å²) in [7, 11) is 3.26. The molecule has 2 aromatic heterocycles. The van der Waals surface area contributed by atoms with Gasteiger partial charge < -0.3 is 9.64 Å². The number of imide groups is 1. The molecule has 0 atom stereocenters. The second-order valence-electron chi connectivity index (χ2n) is 7.95.